The van der Waals surface area contributed by atoms with Crippen LogP contribution in [0.25, 0.3) is 0 Å². The number of carbonyl (C=O) groups excluding carboxylic acids is 2. The molecule has 0 unspecified atom stereocenters. The van der Waals surface area contributed by atoms with Gasteiger partial charge in [-0.05, 0) is 78.7 Å². The predicted molar refractivity (Wildman–Crippen MR) is 150 cm³/mol. The third-order valence-corrected chi connectivity index (χ3v) is 7.64. The molecule has 0 saturated carbocycles. The summed E-state index contributed by atoms with van der Waals surface area (Å²) in [6.07, 6.45) is -1.79. The van der Waals surface area contributed by atoms with Crippen LogP contribution >= 0.6 is 11.6 Å². The number of hydrogen-bond donors (Lipinski definition) is 2. The molecule has 0 radical (unpaired) electrons. The van der Waals surface area contributed by atoms with Crippen LogP contribution in [-0.4, -0.2) is 31.7 Å². The molecule has 0 fully saturated rings. The number of ether oxygens (including phenoxy) is 1. The molecule has 8 nitrogen and oxygen atoms in total. The maximum absolute atomic E-state index is 13.9. The molecule has 4 rings (SSSR count). The van der Waals surface area contributed by atoms with E-state index in [1.807, 2.05) is 0 Å². The molecule has 1 heterocycles. The summed E-state index contributed by atoms with van der Waals surface area (Å²) in [5.41, 5.74) is -0.858. The number of halogens is 5. The van der Waals surface area contributed by atoms with Crippen LogP contribution in [0.2, 0.25) is 5.02 Å². The molecular formula is C29H22ClF4N3O5S. The zero-order valence-corrected chi connectivity index (χ0v) is 23.8. The Morgan fingerprint density at radius 1 is 1.02 bits per heavy atom. The first-order valence-corrected chi connectivity index (χ1v) is 14.2. The lowest BCUT2D eigenvalue weighted by molar-refractivity contribution is -0.137. The first-order valence-electron chi connectivity index (χ1n) is 12.4. The molecule has 3 aromatic carbocycles. The van der Waals surface area contributed by atoms with Gasteiger partial charge in [-0.2, -0.15) is 13.2 Å². The van der Waals surface area contributed by atoms with Crippen molar-refractivity contribution in [2.45, 2.75) is 24.5 Å². The Balaban J connectivity index is 1.45. The van der Waals surface area contributed by atoms with Gasteiger partial charge in [0.25, 0.3) is 5.91 Å². The zero-order valence-electron chi connectivity index (χ0n) is 22.2. The van der Waals surface area contributed by atoms with Gasteiger partial charge in [-0.25, -0.2) is 17.5 Å². The van der Waals surface area contributed by atoms with Crippen LogP contribution < -0.4 is 14.8 Å². The predicted octanol–water partition coefficient (Wildman–Crippen LogP) is 5.93. The second-order valence-electron chi connectivity index (χ2n) is 9.20. The molecule has 1 aromatic heterocycles. The normalized spacial score (nSPS) is 11.7. The van der Waals surface area contributed by atoms with E-state index in [-0.39, 0.29) is 39.5 Å². The van der Waals surface area contributed by atoms with Gasteiger partial charge in [0, 0.05) is 35.2 Å². The molecule has 0 bridgehead atoms. The Morgan fingerprint density at radius 2 is 1.79 bits per heavy atom. The number of rotatable bonds is 10. The average Bonchev–Trinajstić information content (AvgIpc) is 2.96. The number of aromatic nitrogens is 1. The van der Waals surface area contributed by atoms with Crippen molar-refractivity contribution in [3.05, 3.63) is 118 Å². The van der Waals surface area contributed by atoms with E-state index in [4.69, 9.17) is 16.3 Å². The fourth-order valence-electron chi connectivity index (χ4n) is 3.88. The van der Waals surface area contributed by atoms with Crippen molar-refractivity contribution in [3.8, 4) is 5.75 Å². The first-order chi connectivity index (χ1) is 20.2. The van der Waals surface area contributed by atoms with Gasteiger partial charge in [-0.15, -0.1) is 0 Å². The summed E-state index contributed by atoms with van der Waals surface area (Å²) in [4.78, 5) is 29.6. The second kappa shape index (κ2) is 12.9. The Morgan fingerprint density at radius 3 is 2.47 bits per heavy atom. The van der Waals surface area contributed by atoms with E-state index in [1.165, 1.54) is 36.5 Å². The summed E-state index contributed by atoms with van der Waals surface area (Å²) in [5, 5.41) is 2.62. The summed E-state index contributed by atoms with van der Waals surface area (Å²) < 4.78 is 86.7. The van der Waals surface area contributed by atoms with E-state index in [2.05, 4.69) is 15.0 Å². The van der Waals surface area contributed by atoms with Crippen molar-refractivity contribution in [1.82, 2.24) is 9.71 Å². The van der Waals surface area contributed by atoms with Crippen LogP contribution in [0.5, 0.6) is 5.75 Å². The van der Waals surface area contributed by atoms with E-state index in [1.54, 1.807) is 25.3 Å². The molecule has 0 atom stereocenters. The number of hydrogen-bond acceptors (Lipinski definition) is 6. The van der Waals surface area contributed by atoms with Crippen molar-refractivity contribution in [2.75, 3.05) is 11.9 Å². The van der Waals surface area contributed by atoms with Gasteiger partial charge in [-0.3, -0.25) is 14.6 Å². The Hall–Kier alpha value is -4.33. The van der Waals surface area contributed by atoms with Crippen molar-refractivity contribution in [2.24, 2.45) is 0 Å². The minimum atomic E-state index is -4.89. The van der Waals surface area contributed by atoms with Crippen LogP contribution in [0.4, 0.5) is 23.2 Å². The van der Waals surface area contributed by atoms with Gasteiger partial charge >= 0.3 is 6.18 Å². The zero-order chi connectivity index (χ0) is 31.4. The highest BCUT2D eigenvalue weighted by Crippen LogP contribution is 2.32. The third kappa shape index (κ3) is 8.15. The summed E-state index contributed by atoms with van der Waals surface area (Å²) >= 11 is 5.98. The number of benzene rings is 3. The number of nitrogens with zero attached hydrogens (tertiary/aromatic N) is 1. The minimum Gasteiger partial charge on any atom is -0.483 e. The Labute approximate surface area is 248 Å². The first kappa shape index (κ1) is 31.6. The SMILES string of the molecule is Cc1cc(S(=O)(=O)NCc2cccnc2)ccc1NC(=O)COc1ccc(Cl)cc1C(=O)c1cc(F)cc(C(F)(F)F)c1. The Kier molecular flexibility index (Phi) is 9.48. The van der Waals surface area contributed by atoms with Crippen molar-refractivity contribution >= 4 is 39.0 Å². The third-order valence-electron chi connectivity index (χ3n) is 6.00. The van der Waals surface area contributed by atoms with Gasteiger partial charge in [0.15, 0.2) is 12.4 Å². The van der Waals surface area contributed by atoms with Crippen molar-refractivity contribution in [3.63, 3.8) is 0 Å². The monoisotopic (exact) mass is 635 g/mol. The fraction of sp³-hybridized carbons (Fsp3) is 0.138. The molecule has 43 heavy (non-hydrogen) atoms. The summed E-state index contributed by atoms with van der Waals surface area (Å²) in [6.45, 7) is 0.981. The molecule has 0 spiro atoms. The van der Waals surface area contributed by atoms with Gasteiger partial charge in [-0.1, -0.05) is 17.7 Å². The molecule has 1 amide bonds. The number of nitrogens with one attached hydrogen (secondary N) is 2. The fourth-order valence-corrected chi connectivity index (χ4v) is 5.16. The van der Waals surface area contributed by atoms with Crippen molar-refractivity contribution in [1.29, 1.82) is 0 Å². The highest BCUT2D eigenvalue weighted by molar-refractivity contribution is 7.89. The van der Waals surface area contributed by atoms with Crippen LogP contribution in [0.3, 0.4) is 0 Å². The van der Waals surface area contributed by atoms with E-state index in [9.17, 15) is 35.6 Å². The number of pyridine rings is 1. The van der Waals surface area contributed by atoms with Crippen LogP contribution in [-0.2, 0) is 27.5 Å². The molecule has 224 valence electrons. The number of amides is 1. The van der Waals surface area contributed by atoms with Gasteiger partial charge in [0.2, 0.25) is 10.0 Å². The number of sulfonamides is 1. The number of ketones is 1. The average molecular weight is 636 g/mol. The van der Waals surface area contributed by atoms with Crippen LogP contribution in [0, 0.1) is 12.7 Å². The minimum absolute atomic E-state index is 0.0292. The number of anilines is 1. The quantitative estimate of drug-likeness (QED) is 0.165. The maximum Gasteiger partial charge on any atom is 0.416 e. The molecule has 0 aliphatic carbocycles. The number of aryl methyl sites for hydroxylation is 1. The lowest BCUT2D eigenvalue weighted by Crippen LogP contribution is -2.24. The molecule has 0 aliphatic rings. The summed E-state index contributed by atoms with van der Waals surface area (Å²) in [6, 6.07) is 12.6. The smallest absolute Gasteiger partial charge is 0.416 e. The van der Waals surface area contributed by atoms with Gasteiger partial charge in [0.05, 0.1) is 16.0 Å². The molecule has 4 aromatic rings. The molecule has 0 saturated heterocycles. The van der Waals surface area contributed by atoms with E-state index in [0.29, 0.717) is 23.3 Å². The lowest BCUT2D eigenvalue weighted by Gasteiger charge is -2.14. The molecule has 0 aliphatic heterocycles. The number of alkyl halides is 3. The molecular weight excluding hydrogens is 614 g/mol. The number of carbonyl (C=O) groups is 2. The molecule has 2 N–H and O–H groups in total. The largest absolute Gasteiger partial charge is 0.483 e. The summed E-state index contributed by atoms with van der Waals surface area (Å²) in [5.74, 6) is -3.14. The van der Waals surface area contributed by atoms with Crippen molar-refractivity contribution < 1.29 is 40.3 Å². The second-order valence-corrected chi connectivity index (χ2v) is 11.4. The van der Waals surface area contributed by atoms with Crippen LogP contribution in [0.1, 0.15) is 32.6 Å². The lowest BCUT2D eigenvalue weighted by atomic mass is 10.00. The topological polar surface area (TPSA) is 114 Å². The maximum atomic E-state index is 13.9. The highest BCUT2D eigenvalue weighted by atomic mass is 35.5. The highest BCUT2D eigenvalue weighted by Gasteiger charge is 2.32. The van der Waals surface area contributed by atoms with Crippen LogP contribution in [0.15, 0.2) is 84.0 Å². The molecule has 14 heteroatoms. The van der Waals surface area contributed by atoms with E-state index >= 15 is 0 Å². The van der Waals surface area contributed by atoms with Gasteiger partial charge in [0.1, 0.15) is 11.6 Å². The standard InChI is InChI=1S/C29H22ClF4N3O5S/c1-17-9-23(43(40,41)36-15-18-3-2-8-35-14-18)5-6-25(17)37-27(38)16-42-26-7-4-21(30)13-24(26)28(39)19-10-20(29(32,33)34)12-22(31)11-19/h2-14,36H,15-16H2,1H3,(H,37,38). The van der Waals surface area contributed by atoms with Gasteiger partial charge < -0.3 is 10.1 Å². The Bertz CT molecular complexity index is 1790. The van der Waals surface area contributed by atoms with E-state index < -0.39 is 51.4 Å². The summed E-state index contributed by atoms with van der Waals surface area (Å²) in [7, 11) is -3.87. The van der Waals surface area contributed by atoms with E-state index in [0.717, 1.165) is 6.07 Å².